The fraction of sp³-hybridized carbons (Fsp3) is 0.920. The minimum atomic E-state index is -0.504. The van der Waals surface area contributed by atoms with Gasteiger partial charge in [0.15, 0.2) is 0 Å². The molecule has 1 heterocycles. The van der Waals surface area contributed by atoms with Gasteiger partial charge in [0.2, 0.25) is 0 Å². The Labute approximate surface area is 195 Å². The van der Waals surface area contributed by atoms with Crippen LogP contribution in [0.3, 0.4) is 0 Å². The monoisotopic (exact) mass is 453 g/mol. The van der Waals surface area contributed by atoms with Crippen molar-refractivity contribution >= 4 is 12.2 Å². The van der Waals surface area contributed by atoms with Crippen LogP contribution in [-0.4, -0.2) is 59.5 Å². The fourth-order valence-electron chi connectivity index (χ4n) is 4.89. The van der Waals surface area contributed by atoms with E-state index in [0.717, 1.165) is 45.1 Å². The first-order valence-corrected chi connectivity index (χ1v) is 12.6. The molecule has 186 valence electrons. The van der Waals surface area contributed by atoms with E-state index < -0.39 is 11.2 Å². The van der Waals surface area contributed by atoms with Crippen LogP contribution in [0.1, 0.15) is 99.8 Å². The molecule has 4 atom stereocenters. The van der Waals surface area contributed by atoms with E-state index >= 15 is 0 Å². The zero-order valence-electron chi connectivity index (χ0n) is 21.5. The first-order chi connectivity index (χ1) is 14.9. The third-order valence-electron chi connectivity index (χ3n) is 6.33. The summed E-state index contributed by atoms with van der Waals surface area (Å²) < 4.78 is 11.2. The normalized spacial score (nSPS) is 25.7. The summed E-state index contributed by atoms with van der Waals surface area (Å²) in [5, 5.41) is 6.75. The van der Waals surface area contributed by atoms with Crippen molar-refractivity contribution < 1.29 is 19.1 Å². The molecule has 0 spiro atoms. The molecule has 0 radical (unpaired) electrons. The van der Waals surface area contributed by atoms with Gasteiger partial charge in [-0.25, -0.2) is 9.59 Å². The third-order valence-corrected chi connectivity index (χ3v) is 6.33. The van der Waals surface area contributed by atoms with Crippen LogP contribution >= 0.6 is 0 Å². The molecule has 2 amide bonds. The Morgan fingerprint density at radius 3 is 2.19 bits per heavy atom. The smallest absolute Gasteiger partial charge is 0.410 e. The fourth-order valence-corrected chi connectivity index (χ4v) is 4.89. The first-order valence-electron chi connectivity index (χ1n) is 12.6. The molecule has 4 unspecified atom stereocenters. The maximum Gasteiger partial charge on any atom is 0.410 e. The number of hydrogen-bond acceptors (Lipinski definition) is 5. The lowest BCUT2D eigenvalue weighted by atomic mass is 9.76. The number of nitrogens with zero attached hydrogens (tertiary/aromatic N) is 1. The Bertz CT molecular complexity index is 611. The van der Waals surface area contributed by atoms with Gasteiger partial charge in [-0.05, 0) is 86.0 Å². The van der Waals surface area contributed by atoms with E-state index in [9.17, 15) is 9.59 Å². The minimum absolute atomic E-state index is 0.0146. The highest BCUT2D eigenvalue weighted by Crippen LogP contribution is 2.35. The van der Waals surface area contributed by atoms with Gasteiger partial charge in [-0.1, -0.05) is 19.8 Å². The molecule has 1 aliphatic heterocycles. The number of rotatable bonds is 6. The quantitative estimate of drug-likeness (QED) is 0.576. The highest BCUT2D eigenvalue weighted by atomic mass is 16.6. The van der Waals surface area contributed by atoms with Crippen LogP contribution < -0.4 is 10.6 Å². The maximum absolute atomic E-state index is 12.9. The van der Waals surface area contributed by atoms with Crippen molar-refractivity contribution in [3.05, 3.63) is 0 Å². The Hall–Kier alpha value is -1.50. The molecule has 2 fully saturated rings. The average molecular weight is 454 g/mol. The second-order valence-corrected chi connectivity index (χ2v) is 11.5. The van der Waals surface area contributed by atoms with Gasteiger partial charge in [0.05, 0.1) is 0 Å². The Balaban J connectivity index is 2.01. The first kappa shape index (κ1) is 26.7. The van der Waals surface area contributed by atoms with Crippen LogP contribution in [-0.2, 0) is 9.47 Å². The van der Waals surface area contributed by atoms with Crippen molar-refractivity contribution in [2.75, 3.05) is 13.1 Å². The second kappa shape index (κ2) is 11.6. The Morgan fingerprint density at radius 1 is 0.938 bits per heavy atom. The van der Waals surface area contributed by atoms with Gasteiger partial charge in [0, 0.05) is 31.2 Å². The molecule has 2 rings (SSSR count). The summed E-state index contributed by atoms with van der Waals surface area (Å²) >= 11 is 0. The lowest BCUT2D eigenvalue weighted by Crippen LogP contribution is -2.56. The molecule has 0 aromatic carbocycles. The van der Waals surface area contributed by atoms with E-state index in [2.05, 4.69) is 17.6 Å². The number of piperidine rings is 1. The summed E-state index contributed by atoms with van der Waals surface area (Å²) in [6.45, 7) is 15.0. The van der Waals surface area contributed by atoms with E-state index in [0.29, 0.717) is 18.5 Å². The summed E-state index contributed by atoms with van der Waals surface area (Å²) in [6, 6.07) is 0.572. The van der Waals surface area contributed by atoms with Crippen LogP contribution in [0, 0.1) is 5.92 Å². The number of carbonyl (C=O) groups excluding carboxylic acids is 2. The number of carbonyl (C=O) groups is 2. The molecule has 7 heteroatoms. The molecule has 1 saturated carbocycles. The summed E-state index contributed by atoms with van der Waals surface area (Å²) in [5.41, 5.74) is -0.985. The topological polar surface area (TPSA) is 79.9 Å². The van der Waals surface area contributed by atoms with Gasteiger partial charge >= 0.3 is 12.2 Å². The van der Waals surface area contributed by atoms with Crippen LogP contribution in [0.15, 0.2) is 0 Å². The second-order valence-electron chi connectivity index (χ2n) is 11.5. The van der Waals surface area contributed by atoms with E-state index in [-0.39, 0.29) is 24.3 Å². The SMILES string of the molecule is CCC(CNC1CCCCC1C1CCCCN1C(=O)OC(C)(C)C)NC(=O)OC(C)(C)C. The third kappa shape index (κ3) is 8.80. The van der Waals surface area contributed by atoms with Gasteiger partial charge in [-0.15, -0.1) is 0 Å². The predicted octanol–water partition coefficient (Wildman–Crippen LogP) is 5.23. The molecular formula is C25H47N3O4. The van der Waals surface area contributed by atoms with Gasteiger partial charge in [-0.3, -0.25) is 0 Å². The standard InChI is InChI=1S/C25H47N3O4/c1-8-18(27-22(29)31-24(2,3)4)17-26-20-14-10-9-13-19(20)21-15-11-12-16-28(21)23(30)32-25(5,6)7/h18-21,26H,8-17H2,1-7H3,(H,27,29). The van der Waals surface area contributed by atoms with Crippen LogP contribution in [0.2, 0.25) is 0 Å². The van der Waals surface area contributed by atoms with Crippen LogP contribution in [0.4, 0.5) is 9.59 Å². The van der Waals surface area contributed by atoms with Gasteiger partial charge in [-0.2, -0.15) is 0 Å². The Kier molecular flexibility index (Phi) is 9.68. The molecular weight excluding hydrogens is 406 g/mol. The van der Waals surface area contributed by atoms with Crippen molar-refractivity contribution in [3.63, 3.8) is 0 Å². The summed E-state index contributed by atoms with van der Waals surface area (Å²) in [7, 11) is 0. The maximum atomic E-state index is 12.9. The van der Waals surface area contributed by atoms with E-state index in [1.54, 1.807) is 0 Å². The van der Waals surface area contributed by atoms with Crippen molar-refractivity contribution in [1.29, 1.82) is 0 Å². The molecule has 2 aliphatic rings. The lowest BCUT2D eigenvalue weighted by Gasteiger charge is -2.45. The zero-order valence-corrected chi connectivity index (χ0v) is 21.5. The highest BCUT2D eigenvalue weighted by molar-refractivity contribution is 5.69. The minimum Gasteiger partial charge on any atom is -0.444 e. The summed E-state index contributed by atoms with van der Waals surface area (Å²) in [6.07, 6.45) is 8.15. The summed E-state index contributed by atoms with van der Waals surface area (Å²) in [5.74, 6) is 0.413. The number of nitrogens with one attached hydrogen (secondary N) is 2. The predicted molar refractivity (Wildman–Crippen MR) is 128 cm³/mol. The average Bonchev–Trinajstić information content (AvgIpc) is 2.68. The molecule has 1 saturated heterocycles. The van der Waals surface area contributed by atoms with Crippen molar-refractivity contribution in [2.24, 2.45) is 5.92 Å². The molecule has 1 aliphatic carbocycles. The number of hydrogen-bond donors (Lipinski definition) is 2. The van der Waals surface area contributed by atoms with Gasteiger partial charge in [0.25, 0.3) is 0 Å². The zero-order chi connectivity index (χ0) is 23.9. The number of likely N-dealkylation sites (tertiary alicyclic amines) is 1. The van der Waals surface area contributed by atoms with Crippen molar-refractivity contribution in [3.8, 4) is 0 Å². The van der Waals surface area contributed by atoms with Crippen LogP contribution in [0.5, 0.6) is 0 Å². The molecule has 0 aromatic heterocycles. The van der Waals surface area contributed by atoms with E-state index in [1.807, 2.05) is 46.4 Å². The Morgan fingerprint density at radius 2 is 1.56 bits per heavy atom. The molecule has 32 heavy (non-hydrogen) atoms. The van der Waals surface area contributed by atoms with Gasteiger partial charge < -0.3 is 25.0 Å². The van der Waals surface area contributed by atoms with Crippen LogP contribution in [0.25, 0.3) is 0 Å². The number of alkyl carbamates (subject to hydrolysis) is 1. The van der Waals surface area contributed by atoms with Crippen molar-refractivity contribution in [2.45, 2.75) is 129 Å². The van der Waals surface area contributed by atoms with E-state index in [1.165, 1.54) is 12.8 Å². The largest absolute Gasteiger partial charge is 0.444 e. The number of ether oxygens (including phenoxy) is 2. The van der Waals surface area contributed by atoms with Crippen molar-refractivity contribution in [1.82, 2.24) is 15.5 Å². The van der Waals surface area contributed by atoms with Gasteiger partial charge in [0.1, 0.15) is 11.2 Å². The summed E-state index contributed by atoms with van der Waals surface area (Å²) in [4.78, 5) is 27.1. The van der Waals surface area contributed by atoms with E-state index in [4.69, 9.17) is 9.47 Å². The molecule has 0 bridgehead atoms. The molecule has 7 nitrogen and oxygen atoms in total. The highest BCUT2D eigenvalue weighted by Gasteiger charge is 2.39. The number of amides is 2. The molecule has 0 aromatic rings. The lowest BCUT2D eigenvalue weighted by molar-refractivity contribution is -0.00548. The molecule has 2 N–H and O–H groups in total.